The minimum absolute atomic E-state index is 0.415. The minimum atomic E-state index is 0.415. The zero-order chi connectivity index (χ0) is 27.7. The molecule has 1 aliphatic heterocycles. The van der Waals surface area contributed by atoms with E-state index in [0.717, 1.165) is 98.6 Å². The molecule has 0 bridgehead atoms. The van der Waals surface area contributed by atoms with Gasteiger partial charge in [0.15, 0.2) is 0 Å². The molecule has 210 valence electrons. The molecule has 0 radical (unpaired) electrons. The van der Waals surface area contributed by atoms with Crippen LogP contribution in [0.1, 0.15) is 44.9 Å². The van der Waals surface area contributed by atoms with Gasteiger partial charge in [-0.3, -0.25) is 0 Å². The van der Waals surface area contributed by atoms with E-state index in [-0.39, 0.29) is 0 Å². The number of benzene rings is 3. The lowest BCUT2D eigenvalue weighted by Crippen LogP contribution is -2.28. The Labute approximate surface area is 242 Å². The van der Waals surface area contributed by atoms with Crippen LogP contribution in [0.25, 0.3) is 16.9 Å². The maximum atomic E-state index is 6.04. The minimum Gasteiger partial charge on any atom is -0.494 e. The maximum Gasteiger partial charge on any atom is 0.127 e. The van der Waals surface area contributed by atoms with E-state index in [1.54, 1.807) is 0 Å². The van der Waals surface area contributed by atoms with Gasteiger partial charge in [-0.1, -0.05) is 25.4 Å². The smallest absolute Gasteiger partial charge is 0.127 e. The summed E-state index contributed by atoms with van der Waals surface area (Å²) in [4.78, 5) is 7.59. The standard InChI is InChI=1S/C33H39ClN4O2/c1-3-37(4-2)22-5-23-39-29-16-10-28(11-17-29)38-24-32(36-33(38)26-18-20-35-21-19-26)25-6-12-30(13-7-25)40-31-14-8-27(34)9-15-31/h6-17,24,26,35H,3-5,18-23H2,1-2H3. The summed E-state index contributed by atoms with van der Waals surface area (Å²) in [6.07, 6.45) is 5.35. The molecule has 1 aliphatic rings. The van der Waals surface area contributed by atoms with Gasteiger partial charge in [-0.05, 0) is 118 Å². The van der Waals surface area contributed by atoms with E-state index in [0.29, 0.717) is 10.9 Å². The van der Waals surface area contributed by atoms with Crippen molar-refractivity contribution in [1.82, 2.24) is 19.8 Å². The van der Waals surface area contributed by atoms with Crippen molar-refractivity contribution in [2.75, 3.05) is 39.3 Å². The average Bonchev–Trinajstić information content (AvgIpc) is 3.45. The zero-order valence-electron chi connectivity index (χ0n) is 23.5. The van der Waals surface area contributed by atoms with Crippen LogP contribution in [-0.4, -0.2) is 53.8 Å². The number of imidazole rings is 1. The summed E-state index contributed by atoms with van der Waals surface area (Å²) in [5.41, 5.74) is 3.12. The highest BCUT2D eigenvalue weighted by Crippen LogP contribution is 2.32. The topological polar surface area (TPSA) is 51.5 Å². The number of rotatable bonds is 12. The first-order chi connectivity index (χ1) is 19.6. The number of piperidine rings is 1. The number of nitrogens with one attached hydrogen (secondary N) is 1. The number of hydrogen-bond acceptors (Lipinski definition) is 5. The number of halogens is 1. The second-order valence-electron chi connectivity index (χ2n) is 10.2. The molecule has 0 amide bonds. The third kappa shape index (κ3) is 7.25. The monoisotopic (exact) mass is 558 g/mol. The predicted octanol–water partition coefficient (Wildman–Crippen LogP) is 7.56. The van der Waals surface area contributed by atoms with Crippen molar-refractivity contribution >= 4 is 11.6 Å². The Morgan fingerprint density at radius 1 is 0.875 bits per heavy atom. The highest BCUT2D eigenvalue weighted by atomic mass is 35.5. The molecule has 0 atom stereocenters. The zero-order valence-corrected chi connectivity index (χ0v) is 24.2. The van der Waals surface area contributed by atoms with Crippen LogP contribution in [-0.2, 0) is 0 Å². The lowest BCUT2D eigenvalue weighted by molar-refractivity contribution is 0.249. The first kappa shape index (κ1) is 28.2. The average molecular weight is 559 g/mol. The van der Waals surface area contributed by atoms with Gasteiger partial charge < -0.3 is 24.3 Å². The van der Waals surface area contributed by atoms with Crippen LogP contribution < -0.4 is 14.8 Å². The van der Waals surface area contributed by atoms with E-state index in [2.05, 4.69) is 71.2 Å². The number of hydrogen-bond donors (Lipinski definition) is 1. The fourth-order valence-electron chi connectivity index (χ4n) is 5.16. The Bertz CT molecular complexity index is 1330. The Hall–Kier alpha value is -3.32. The molecule has 2 heterocycles. The van der Waals surface area contributed by atoms with Crippen molar-refractivity contribution in [2.45, 2.75) is 39.0 Å². The Morgan fingerprint density at radius 2 is 1.50 bits per heavy atom. The molecular formula is C33H39ClN4O2. The second kappa shape index (κ2) is 13.8. The van der Waals surface area contributed by atoms with Gasteiger partial charge >= 0.3 is 0 Å². The van der Waals surface area contributed by atoms with Gasteiger partial charge in [0.1, 0.15) is 23.1 Å². The molecule has 0 saturated carbocycles. The molecule has 1 saturated heterocycles. The van der Waals surface area contributed by atoms with Crippen LogP contribution in [0.15, 0.2) is 79.0 Å². The van der Waals surface area contributed by atoms with E-state index < -0.39 is 0 Å². The van der Waals surface area contributed by atoms with E-state index in [9.17, 15) is 0 Å². The number of aromatic nitrogens is 2. The highest BCUT2D eigenvalue weighted by Gasteiger charge is 2.22. The third-order valence-corrected chi connectivity index (χ3v) is 7.79. The summed E-state index contributed by atoms with van der Waals surface area (Å²) < 4.78 is 14.3. The fraction of sp³-hybridized carbons (Fsp3) is 0.364. The quantitative estimate of drug-likeness (QED) is 0.182. The van der Waals surface area contributed by atoms with Gasteiger partial charge in [0.05, 0.1) is 12.3 Å². The Morgan fingerprint density at radius 3 is 2.15 bits per heavy atom. The third-order valence-electron chi connectivity index (χ3n) is 7.53. The van der Waals surface area contributed by atoms with Gasteiger partial charge in [-0.25, -0.2) is 4.98 Å². The van der Waals surface area contributed by atoms with Crippen molar-refractivity contribution in [3.63, 3.8) is 0 Å². The summed E-state index contributed by atoms with van der Waals surface area (Å²) in [5, 5.41) is 4.17. The number of nitrogens with zero attached hydrogens (tertiary/aromatic N) is 3. The molecule has 0 unspecified atom stereocenters. The molecule has 1 aromatic heterocycles. The van der Waals surface area contributed by atoms with Gasteiger partial charge in [-0.15, -0.1) is 0 Å². The lowest BCUT2D eigenvalue weighted by atomic mass is 9.97. The van der Waals surface area contributed by atoms with Crippen molar-refractivity contribution in [3.05, 3.63) is 89.8 Å². The van der Waals surface area contributed by atoms with Crippen LogP contribution in [0.4, 0.5) is 0 Å². The van der Waals surface area contributed by atoms with Crippen LogP contribution in [0.5, 0.6) is 17.2 Å². The van der Waals surface area contributed by atoms with Crippen molar-refractivity contribution in [2.24, 2.45) is 0 Å². The highest BCUT2D eigenvalue weighted by molar-refractivity contribution is 6.30. The summed E-state index contributed by atoms with van der Waals surface area (Å²) in [7, 11) is 0. The molecule has 0 spiro atoms. The Balaban J connectivity index is 1.32. The van der Waals surface area contributed by atoms with Crippen molar-refractivity contribution in [3.8, 4) is 34.2 Å². The summed E-state index contributed by atoms with van der Waals surface area (Å²) in [5.74, 6) is 3.97. The van der Waals surface area contributed by atoms with E-state index in [1.807, 2.05) is 36.4 Å². The molecular weight excluding hydrogens is 520 g/mol. The van der Waals surface area contributed by atoms with Crippen LogP contribution in [0, 0.1) is 0 Å². The molecule has 3 aromatic carbocycles. The second-order valence-corrected chi connectivity index (χ2v) is 10.6. The first-order valence-electron chi connectivity index (χ1n) is 14.4. The molecule has 1 fully saturated rings. The molecule has 1 N–H and O–H groups in total. The van der Waals surface area contributed by atoms with Crippen molar-refractivity contribution < 1.29 is 9.47 Å². The van der Waals surface area contributed by atoms with E-state index in [1.165, 1.54) is 0 Å². The van der Waals surface area contributed by atoms with Crippen LogP contribution in [0.2, 0.25) is 5.02 Å². The summed E-state index contributed by atoms with van der Waals surface area (Å²) in [6.45, 7) is 10.4. The lowest BCUT2D eigenvalue weighted by Gasteiger charge is -2.23. The summed E-state index contributed by atoms with van der Waals surface area (Å²) in [6, 6.07) is 23.9. The molecule has 4 aromatic rings. The molecule has 40 heavy (non-hydrogen) atoms. The van der Waals surface area contributed by atoms with Gasteiger partial charge in [0, 0.05) is 34.9 Å². The van der Waals surface area contributed by atoms with E-state index >= 15 is 0 Å². The van der Waals surface area contributed by atoms with Gasteiger partial charge in [0.2, 0.25) is 0 Å². The molecule has 7 heteroatoms. The summed E-state index contributed by atoms with van der Waals surface area (Å²) >= 11 is 5.99. The first-order valence-corrected chi connectivity index (χ1v) is 14.8. The van der Waals surface area contributed by atoms with Crippen LogP contribution >= 0.6 is 11.6 Å². The SMILES string of the molecule is CCN(CC)CCCOc1ccc(-n2cc(-c3ccc(Oc4ccc(Cl)cc4)cc3)nc2C2CCNCC2)cc1. The van der Waals surface area contributed by atoms with Gasteiger partial charge in [0.25, 0.3) is 0 Å². The maximum absolute atomic E-state index is 6.04. The largest absolute Gasteiger partial charge is 0.494 e. The van der Waals surface area contributed by atoms with E-state index in [4.69, 9.17) is 26.1 Å². The molecule has 5 rings (SSSR count). The normalized spacial score (nSPS) is 14.0. The van der Waals surface area contributed by atoms with Crippen LogP contribution in [0.3, 0.4) is 0 Å². The molecule has 0 aliphatic carbocycles. The predicted molar refractivity (Wildman–Crippen MR) is 163 cm³/mol. The van der Waals surface area contributed by atoms with Gasteiger partial charge in [-0.2, -0.15) is 0 Å². The fourth-order valence-corrected chi connectivity index (χ4v) is 5.29. The molecule has 6 nitrogen and oxygen atoms in total. The van der Waals surface area contributed by atoms with Crippen molar-refractivity contribution in [1.29, 1.82) is 0 Å². The Kier molecular flexibility index (Phi) is 9.76. The number of ether oxygens (including phenoxy) is 2.